The summed E-state index contributed by atoms with van der Waals surface area (Å²) >= 11 is 0. The molecule has 1 aromatic heterocycles. The van der Waals surface area contributed by atoms with Crippen molar-refractivity contribution in [3.05, 3.63) is 11.8 Å². The molecule has 7 heteroatoms. The van der Waals surface area contributed by atoms with Crippen LogP contribution in [0.3, 0.4) is 0 Å². The Bertz CT molecular complexity index is 526. The Morgan fingerprint density at radius 1 is 1.29 bits per heavy atom. The standard InChI is InChI=1S/C17H31N5O2/c1-13-8-18-17(19-16(13)20(2)3)22-10-14(15(11-22)12-23)9-21(4)6-7-24-5/h8,14-15,23H,6-7,9-12H2,1-5H3/t14-,15-/m1/s1. The van der Waals surface area contributed by atoms with Crippen molar-refractivity contribution in [3.63, 3.8) is 0 Å². The van der Waals surface area contributed by atoms with Gasteiger partial charge in [0.05, 0.1) is 6.61 Å². The van der Waals surface area contributed by atoms with E-state index in [0.29, 0.717) is 5.92 Å². The highest BCUT2D eigenvalue weighted by Crippen LogP contribution is 2.28. The minimum atomic E-state index is 0.200. The van der Waals surface area contributed by atoms with Crippen LogP contribution in [0.15, 0.2) is 6.20 Å². The maximum atomic E-state index is 9.76. The molecule has 2 heterocycles. The molecule has 24 heavy (non-hydrogen) atoms. The summed E-state index contributed by atoms with van der Waals surface area (Å²) in [5.41, 5.74) is 1.07. The number of methoxy groups -OCH3 is 1. The van der Waals surface area contributed by atoms with Crippen LogP contribution in [0.5, 0.6) is 0 Å². The first-order chi connectivity index (χ1) is 11.5. The highest BCUT2D eigenvalue weighted by atomic mass is 16.5. The van der Waals surface area contributed by atoms with E-state index in [1.807, 2.05) is 32.1 Å². The van der Waals surface area contributed by atoms with Crippen LogP contribution in [0.2, 0.25) is 0 Å². The van der Waals surface area contributed by atoms with Gasteiger partial charge in [-0.2, -0.15) is 4.98 Å². The monoisotopic (exact) mass is 337 g/mol. The number of hydrogen-bond donors (Lipinski definition) is 1. The van der Waals surface area contributed by atoms with Crippen molar-refractivity contribution >= 4 is 11.8 Å². The summed E-state index contributed by atoms with van der Waals surface area (Å²) in [6.45, 7) is 6.46. The van der Waals surface area contributed by atoms with E-state index in [2.05, 4.69) is 21.8 Å². The topological polar surface area (TPSA) is 65.0 Å². The van der Waals surface area contributed by atoms with Gasteiger partial charge >= 0.3 is 0 Å². The molecule has 7 nitrogen and oxygen atoms in total. The molecule has 1 saturated heterocycles. The van der Waals surface area contributed by atoms with E-state index in [1.54, 1.807) is 7.11 Å². The molecule has 0 radical (unpaired) electrons. The van der Waals surface area contributed by atoms with Crippen LogP contribution < -0.4 is 9.80 Å². The van der Waals surface area contributed by atoms with Gasteiger partial charge < -0.3 is 24.5 Å². The second kappa shape index (κ2) is 8.60. The Labute approximate surface area is 145 Å². The molecule has 0 saturated carbocycles. The zero-order chi connectivity index (χ0) is 17.7. The second-order valence-electron chi connectivity index (χ2n) is 6.93. The molecule has 1 aliphatic rings. The minimum Gasteiger partial charge on any atom is -0.396 e. The van der Waals surface area contributed by atoms with Crippen LogP contribution in [0.4, 0.5) is 11.8 Å². The first kappa shape index (κ1) is 18.9. The van der Waals surface area contributed by atoms with Gasteiger partial charge in [0.1, 0.15) is 5.82 Å². The number of aliphatic hydroxyl groups excluding tert-OH is 1. The molecular formula is C17H31N5O2. The third-order valence-electron chi connectivity index (χ3n) is 4.67. The van der Waals surface area contributed by atoms with Gasteiger partial charge in [-0.05, 0) is 19.9 Å². The summed E-state index contributed by atoms with van der Waals surface area (Å²) in [4.78, 5) is 15.7. The second-order valence-corrected chi connectivity index (χ2v) is 6.93. The van der Waals surface area contributed by atoms with Gasteiger partial charge in [-0.15, -0.1) is 0 Å². The summed E-state index contributed by atoms with van der Waals surface area (Å²) in [6.07, 6.45) is 1.88. The highest BCUT2D eigenvalue weighted by Gasteiger charge is 2.34. The number of hydrogen-bond acceptors (Lipinski definition) is 7. The van der Waals surface area contributed by atoms with E-state index in [-0.39, 0.29) is 12.5 Å². The fourth-order valence-electron chi connectivity index (χ4n) is 3.28. The van der Waals surface area contributed by atoms with Crippen LogP contribution in [0, 0.1) is 18.8 Å². The molecule has 1 N–H and O–H groups in total. The number of nitrogens with zero attached hydrogens (tertiary/aromatic N) is 5. The van der Waals surface area contributed by atoms with Crippen molar-refractivity contribution in [2.45, 2.75) is 6.92 Å². The summed E-state index contributed by atoms with van der Waals surface area (Å²) in [5.74, 6) is 2.36. The van der Waals surface area contributed by atoms with Crippen LogP contribution in [0.25, 0.3) is 0 Å². The normalized spacial score (nSPS) is 20.9. The maximum absolute atomic E-state index is 9.76. The van der Waals surface area contributed by atoms with Gasteiger partial charge in [0.15, 0.2) is 0 Å². The van der Waals surface area contributed by atoms with Crippen LogP contribution in [-0.4, -0.2) is 87.6 Å². The van der Waals surface area contributed by atoms with Gasteiger partial charge in [-0.25, -0.2) is 4.98 Å². The lowest BCUT2D eigenvalue weighted by atomic mass is 9.96. The van der Waals surface area contributed by atoms with E-state index >= 15 is 0 Å². The first-order valence-electron chi connectivity index (χ1n) is 8.50. The molecule has 1 aliphatic heterocycles. The molecule has 0 aliphatic carbocycles. The molecule has 1 fully saturated rings. The van der Waals surface area contributed by atoms with Crippen LogP contribution in [-0.2, 0) is 4.74 Å². The molecule has 0 spiro atoms. The quantitative estimate of drug-likeness (QED) is 0.740. The van der Waals surface area contributed by atoms with E-state index in [4.69, 9.17) is 9.72 Å². The van der Waals surface area contributed by atoms with Crippen molar-refractivity contribution in [1.82, 2.24) is 14.9 Å². The Morgan fingerprint density at radius 3 is 2.62 bits per heavy atom. The van der Waals surface area contributed by atoms with Gasteiger partial charge in [0.2, 0.25) is 5.95 Å². The SMILES string of the molecule is COCCN(C)C[C@@H]1CN(c2ncc(C)c(N(C)C)n2)C[C@@H]1CO. The number of aliphatic hydroxyl groups is 1. The fraction of sp³-hybridized carbons (Fsp3) is 0.765. The summed E-state index contributed by atoms with van der Waals surface area (Å²) < 4.78 is 5.14. The minimum absolute atomic E-state index is 0.200. The van der Waals surface area contributed by atoms with Gasteiger partial charge in [0, 0.05) is 71.7 Å². The predicted octanol–water partition coefficient (Wildman–Crippen LogP) is 0.474. The number of rotatable bonds is 8. The van der Waals surface area contributed by atoms with Crippen molar-refractivity contribution < 1.29 is 9.84 Å². The number of ether oxygens (including phenoxy) is 1. The van der Waals surface area contributed by atoms with Crippen molar-refractivity contribution in [3.8, 4) is 0 Å². The zero-order valence-electron chi connectivity index (χ0n) is 15.6. The van der Waals surface area contributed by atoms with Crippen molar-refractivity contribution in [2.24, 2.45) is 11.8 Å². The molecule has 0 bridgehead atoms. The molecule has 0 amide bonds. The van der Waals surface area contributed by atoms with Crippen LogP contribution in [0.1, 0.15) is 5.56 Å². The van der Waals surface area contributed by atoms with E-state index in [1.165, 1.54) is 0 Å². The molecule has 136 valence electrons. The Balaban J connectivity index is 2.06. The molecule has 0 unspecified atom stereocenters. The highest BCUT2D eigenvalue weighted by molar-refractivity contribution is 5.49. The van der Waals surface area contributed by atoms with E-state index in [9.17, 15) is 5.11 Å². The third-order valence-corrected chi connectivity index (χ3v) is 4.67. The lowest BCUT2D eigenvalue weighted by Gasteiger charge is -2.23. The Morgan fingerprint density at radius 2 is 2.00 bits per heavy atom. The number of anilines is 2. The summed E-state index contributed by atoms with van der Waals surface area (Å²) in [7, 11) is 7.81. The maximum Gasteiger partial charge on any atom is 0.227 e. The number of aryl methyl sites for hydroxylation is 1. The summed E-state index contributed by atoms with van der Waals surface area (Å²) in [5, 5.41) is 9.76. The molecule has 1 aromatic rings. The Kier molecular flexibility index (Phi) is 6.77. The average molecular weight is 337 g/mol. The van der Waals surface area contributed by atoms with E-state index < -0.39 is 0 Å². The van der Waals surface area contributed by atoms with Crippen LogP contribution >= 0.6 is 0 Å². The van der Waals surface area contributed by atoms with Gasteiger partial charge in [0.25, 0.3) is 0 Å². The molecular weight excluding hydrogens is 306 g/mol. The lowest BCUT2D eigenvalue weighted by Crippen LogP contribution is -2.33. The predicted molar refractivity (Wildman–Crippen MR) is 96.7 cm³/mol. The van der Waals surface area contributed by atoms with Gasteiger partial charge in [-0.1, -0.05) is 0 Å². The van der Waals surface area contributed by atoms with Crippen molar-refractivity contribution in [1.29, 1.82) is 0 Å². The molecule has 0 aromatic carbocycles. The third kappa shape index (κ3) is 4.55. The lowest BCUT2D eigenvalue weighted by molar-refractivity contribution is 0.136. The molecule has 2 rings (SSSR count). The number of likely N-dealkylation sites (N-methyl/N-ethyl adjacent to an activating group) is 1. The smallest absolute Gasteiger partial charge is 0.227 e. The van der Waals surface area contributed by atoms with E-state index in [0.717, 1.165) is 50.1 Å². The average Bonchev–Trinajstić information content (AvgIpc) is 2.95. The first-order valence-corrected chi connectivity index (χ1v) is 8.50. The summed E-state index contributed by atoms with van der Waals surface area (Å²) in [6, 6.07) is 0. The zero-order valence-corrected chi connectivity index (χ0v) is 15.6. The fourth-order valence-corrected chi connectivity index (χ4v) is 3.28. The van der Waals surface area contributed by atoms with Gasteiger partial charge in [-0.3, -0.25) is 0 Å². The molecule has 2 atom stereocenters. The van der Waals surface area contributed by atoms with Crippen molar-refractivity contribution in [2.75, 3.05) is 77.4 Å². The largest absolute Gasteiger partial charge is 0.396 e. The Hall–Kier alpha value is -1.44. The number of aromatic nitrogens is 2.